The molecule has 0 aliphatic carbocycles. The number of nitriles is 1. The van der Waals surface area contributed by atoms with Crippen LogP contribution < -0.4 is 4.74 Å². The average Bonchev–Trinajstić information content (AvgIpc) is 3.14. The number of ether oxygens (including phenoxy) is 1. The lowest BCUT2D eigenvalue weighted by Crippen LogP contribution is -2.18. The zero-order chi connectivity index (χ0) is 23.3. The maximum atomic E-state index is 12.9. The minimum Gasteiger partial charge on any atom is -0.490 e. The summed E-state index contributed by atoms with van der Waals surface area (Å²) < 4.78 is 45.5. The van der Waals surface area contributed by atoms with Gasteiger partial charge in [0.25, 0.3) is 0 Å². The molecule has 1 aromatic heterocycles. The lowest BCUT2D eigenvalue weighted by Gasteiger charge is -2.14. The number of Topliss-reactive ketones (excluding diaryl/α,β-unsaturated/α-hetero) is 1. The fourth-order valence-corrected chi connectivity index (χ4v) is 4.94. The topological polar surface area (TPSA) is 63.0 Å². The van der Waals surface area contributed by atoms with E-state index in [-0.39, 0.29) is 24.7 Å². The van der Waals surface area contributed by atoms with E-state index in [0.29, 0.717) is 20.3 Å². The summed E-state index contributed by atoms with van der Waals surface area (Å²) in [5, 5.41) is 8.83. The van der Waals surface area contributed by atoms with Crippen molar-refractivity contribution in [1.29, 1.82) is 5.26 Å². The van der Waals surface area contributed by atoms with E-state index in [0.717, 1.165) is 17.0 Å². The van der Waals surface area contributed by atoms with Crippen LogP contribution in [0.5, 0.6) is 5.75 Å². The van der Waals surface area contributed by atoms with Gasteiger partial charge in [-0.3, -0.25) is 4.79 Å². The van der Waals surface area contributed by atoms with Crippen molar-refractivity contribution in [3.63, 3.8) is 0 Å². The first-order valence-corrected chi connectivity index (χ1v) is 11.1. The normalized spacial score (nSPS) is 13.2. The minimum atomic E-state index is -4.39. The summed E-state index contributed by atoms with van der Waals surface area (Å²) in [6, 6.07) is 12.5. The number of fused-ring (bicyclic) bond motifs is 1. The summed E-state index contributed by atoms with van der Waals surface area (Å²) in [4.78, 5) is 17.2. The van der Waals surface area contributed by atoms with Crippen molar-refractivity contribution in [3.05, 3.63) is 48.0 Å². The summed E-state index contributed by atoms with van der Waals surface area (Å²) in [7, 11) is 0. The Morgan fingerprint density at radius 3 is 2.59 bits per heavy atom. The summed E-state index contributed by atoms with van der Waals surface area (Å²) >= 11 is 2.54. The number of hydrogen-bond acceptors (Lipinski definition) is 6. The predicted molar refractivity (Wildman–Crippen MR) is 117 cm³/mol. The van der Waals surface area contributed by atoms with Gasteiger partial charge in [0.05, 0.1) is 21.8 Å². The van der Waals surface area contributed by atoms with Gasteiger partial charge in [0.15, 0.2) is 4.34 Å². The molecule has 0 saturated heterocycles. The van der Waals surface area contributed by atoms with E-state index >= 15 is 0 Å². The maximum absolute atomic E-state index is 12.9. The molecule has 3 aromatic rings. The second-order valence-electron chi connectivity index (χ2n) is 6.96. The third-order valence-corrected chi connectivity index (χ3v) is 6.45. The molecule has 0 radical (unpaired) electrons. The number of alkyl halides is 3. The molecular weight excluding hydrogens is 457 g/mol. The molecule has 0 saturated carbocycles. The van der Waals surface area contributed by atoms with Crippen LogP contribution in [0.4, 0.5) is 13.2 Å². The standard InChI is InChI=1S/C23H17F3N2O2S2/c1-3-15(13-27)11-17(29)10-14(2)30-18-5-7-19(8-6-18)31-22-28-20-9-4-16(23(24,25)26)12-21(20)32-22/h1,4-9,12,14-15H,10-11H2,2H3. The Labute approximate surface area is 191 Å². The number of ketones is 1. The van der Waals surface area contributed by atoms with Gasteiger partial charge in [-0.1, -0.05) is 17.7 Å². The van der Waals surface area contributed by atoms with Crippen molar-refractivity contribution in [3.8, 4) is 24.2 Å². The number of carbonyl (C=O) groups excluding carboxylic acids is 1. The molecule has 9 heteroatoms. The van der Waals surface area contributed by atoms with E-state index in [1.807, 2.05) is 18.2 Å². The summed E-state index contributed by atoms with van der Waals surface area (Å²) in [5.74, 6) is 1.97. The fraction of sp³-hybridized carbons (Fsp3) is 0.261. The number of terminal acetylenes is 1. The van der Waals surface area contributed by atoms with Crippen molar-refractivity contribution in [2.75, 3.05) is 0 Å². The quantitative estimate of drug-likeness (QED) is 0.356. The van der Waals surface area contributed by atoms with Crippen molar-refractivity contribution in [2.45, 2.75) is 41.3 Å². The van der Waals surface area contributed by atoms with Crippen molar-refractivity contribution in [1.82, 2.24) is 4.98 Å². The second kappa shape index (κ2) is 10.1. The highest BCUT2D eigenvalue weighted by molar-refractivity contribution is 8.01. The number of thiazole rings is 1. The Balaban J connectivity index is 1.59. The number of hydrogen-bond donors (Lipinski definition) is 0. The van der Waals surface area contributed by atoms with Crippen LogP contribution in [0.2, 0.25) is 0 Å². The Kier molecular flexibility index (Phi) is 7.44. The number of nitrogens with zero attached hydrogens (tertiary/aromatic N) is 2. The molecule has 2 unspecified atom stereocenters. The van der Waals surface area contributed by atoms with Gasteiger partial charge in [0.1, 0.15) is 23.6 Å². The first-order chi connectivity index (χ1) is 15.2. The third-order valence-electron chi connectivity index (χ3n) is 4.37. The number of halogens is 3. The number of benzene rings is 2. The minimum absolute atomic E-state index is 0.00289. The zero-order valence-electron chi connectivity index (χ0n) is 16.8. The molecule has 0 aliphatic heterocycles. The summed E-state index contributed by atoms with van der Waals surface area (Å²) in [6.07, 6.45) is 0.567. The average molecular weight is 475 g/mol. The highest BCUT2D eigenvalue weighted by atomic mass is 32.2. The van der Waals surface area contributed by atoms with Gasteiger partial charge in [-0.2, -0.15) is 18.4 Å². The Morgan fingerprint density at radius 1 is 1.25 bits per heavy atom. The third kappa shape index (κ3) is 6.25. The Bertz CT molecular complexity index is 1180. The van der Waals surface area contributed by atoms with Crippen LogP contribution in [-0.2, 0) is 11.0 Å². The molecule has 3 rings (SSSR count). The summed E-state index contributed by atoms with van der Waals surface area (Å²) in [6.45, 7) is 1.76. The van der Waals surface area contributed by atoms with Gasteiger partial charge in [0.2, 0.25) is 0 Å². The molecule has 164 valence electrons. The monoisotopic (exact) mass is 474 g/mol. The lowest BCUT2D eigenvalue weighted by atomic mass is 10.0. The van der Waals surface area contributed by atoms with E-state index in [2.05, 4.69) is 10.9 Å². The predicted octanol–water partition coefficient (Wildman–Crippen LogP) is 6.36. The molecule has 2 aromatic carbocycles. The van der Waals surface area contributed by atoms with Gasteiger partial charge in [-0.05, 0) is 49.4 Å². The van der Waals surface area contributed by atoms with Gasteiger partial charge in [0, 0.05) is 17.7 Å². The van der Waals surface area contributed by atoms with E-state index < -0.39 is 17.7 Å². The second-order valence-corrected chi connectivity index (χ2v) is 9.31. The molecule has 0 N–H and O–H groups in total. The molecule has 0 spiro atoms. The van der Waals surface area contributed by atoms with Crippen LogP contribution in [-0.4, -0.2) is 16.9 Å². The molecule has 0 aliphatic rings. The maximum Gasteiger partial charge on any atom is 0.416 e. The number of rotatable bonds is 8. The first-order valence-electron chi connectivity index (χ1n) is 9.47. The first kappa shape index (κ1) is 23.6. The van der Waals surface area contributed by atoms with Crippen molar-refractivity contribution < 1.29 is 22.7 Å². The molecule has 0 fully saturated rings. The lowest BCUT2D eigenvalue weighted by molar-refractivity contribution is -0.137. The van der Waals surface area contributed by atoms with Gasteiger partial charge < -0.3 is 4.74 Å². The largest absolute Gasteiger partial charge is 0.490 e. The van der Waals surface area contributed by atoms with Crippen LogP contribution in [0.1, 0.15) is 25.3 Å². The number of carbonyl (C=O) groups is 1. The van der Waals surface area contributed by atoms with Crippen molar-refractivity contribution in [2.24, 2.45) is 5.92 Å². The SMILES string of the molecule is C#CC(C#N)CC(=O)CC(C)Oc1ccc(Sc2nc3ccc(C(F)(F)F)cc3s2)cc1. The summed E-state index contributed by atoms with van der Waals surface area (Å²) in [5.41, 5.74) is -0.172. The van der Waals surface area contributed by atoms with Crippen LogP contribution in [0.15, 0.2) is 51.7 Å². The number of aromatic nitrogens is 1. The fourth-order valence-electron chi connectivity index (χ4n) is 2.86. The van der Waals surface area contributed by atoms with Crippen LogP contribution in [0.25, 0.3) is 10.2 Å². The van der Waals surface area contributed by atoms with E-state index in [4.69, 9.17) is 16.4 Å². The van der Waals surface area contributed by atoms with Crippen LogP contribution >= 0.6 is 23.1 Å². The van der Waals surface area contributed by atoms with Crippen molar-refractivity contribution >= 4 is 39.1 Å². The Hall–Kier alpha value is -3.01. The van der Waals surface area contributed by atoms with E-state index in [1.165, 1.54) is 29.2 Å². The van der Waals surface area contributed by atoms with Crippen LogP contribution in [0.3, 0.4) is 0 Å². The molecule has 2 atom stereocenters. The van der Waals surface area contributed by atoms with Gasteiger partial charge >= 0.3 is 6.18 Å². The van der Waals surface area contributed by atoms with Crippen LogP contribution in [0, 0.1) is 29.6 Å². The van der Waals surface area contributed by atoms with E-state index in [1.54, 1.807) is 19.1 Å². The molecule has 32 heavy (non-hydrogen) atoms. The highest BCUT2D eigenvalue weighted by Gasteiger charge is 2.30. The molecule has 0 amide bonds. The van der Waals surface area contributed by atoms with Gasteiger partial charge in [-0.25, -0.2) is 4.98 Å². The zero-order valence-corrected chi connectivity index (χ0v) is 18.5. The molecule has 4 nitrogen and oxygen atoms in total. The van der Waals surface area contributed by atoms with E-state index in [9.17, 15) is 18.0 Å². The smallest absolute Gasteiger partial charge is 0.416 e. The molecule has 1 heterocycles. The molecule has 0 bridgehead atoms. The molecular formula is C23H17F3N2O2S2. The van der Waals surface area contributed by atoms with Gasteiger partial charge in [-0.15, -0.1) is 17.8 Å². The highest BCUT2D eigenvalue weighted by Crippen LogP contribution is 2.38. The Morgan fingerprint density at radius 2 is 1.97 bits per heavy atom.